The Morgan fingerprint density at radius 3 is 2.32 bits per heavy atom. The number of aromatic nitrogens is 3. The minimum Gasteiger partial charge on any atom is -0.340 e. The molecule has 0 aliphatic heterocycles. The van der Waals surface area contributed by atoms with Gasteiger partial charge >= 0.3 is 0 Å². The quantitative estimate of drug-likeness (QED) is 0.571. The van der Waals surface area contributed by atoms with Crippen LogP contribution in [0.4, 0.5) is 11.5 Å². The van der Waals surface area contributed by atoms with E-state index in [1.165, 1.54) is 11.1 Å². The summed E-state index contributed by atoms with van der Waals surface area (Å²) in [6.07, 6.45) is 1.88. The van der Waals surface area contributed by atoms with Crippen molar-refractivity contribution in [2.75, 3.05) is 5.32 Å². The van der Waals surface area contributed by atoms with Crippen molar-refractivity contribution >= 4 is 17.2 Å². The van der Waals surface area contributed by atoms with Gasteiger partial charge in [0.1, 0.15) is 5.82 Å². The maximum atomic E-state index is 4.71. The minimum atomic E-state index is 0.859. The first-order valence-corrected chi connectivity index (χ1v) is 8.36. The summed E-state index contributed by atoms with van der Waals surface area (Å²) in [6.45, 7) is 6.22. The highest BCUT2D eigenvalue weighted by molar-refractivity contribution is 5.78. The average molecular weight is 328 g/mol. The first kappa shape index (κ1) is 15.4. The van der Waals surface area contributed by atoms with Crippen LogP contribution in [0, 0.1) is 20.8 Å². The van der Waals surface area contributed by atoms with Gasteiger partial charge in [-0.1, -0.05) is 36.4 Å². The monoisotopic (exact) mass is 328 g/mol. The number of aryl methyl sites for hydroxylation is 3. The Kier molecular flexibility index (Phi) is 3.73. The third-order valence-electron chi connectivity index (χ3n) is 4.18. The largest absolute Gasteiger partial charge is 0.340 e. The zero-order valence-electron chi connectivity index (χ0n) is 14.6. The molecule has 124 valence electrons. The summed E-state index contributed by atoms with van der Waals surface area (Å²) in [7, 11) is 0. The number of anilines is 2. The van der Waals surface area contributed by atoms with Gasteiger partial charge in [-0.05, 0) is 49.6 Å². The summed E-state index contributed by atoms with van der Waals surface area (Å²) < 4.78 is 1.87. The Morgan fingerprint density at radius 2 is 1.60 bits per heavy atom. The third-order valence-corrected chi connectivity index (χ3v) is 4.18. The zero-order chi connectivity index (χ0) is 17.4. The molecular weight excluding hydrogens is 308 g/mol. The van der Waals surface area contributed by atoms with Gasteiger partial charge in [0.05, 0.1) is 6.20 Å². The molecule has 1 N–H and O–H groups in total. The Morgan fingerprint density at radius 1 is 0.880 bits per heavy atom. The lowest BCUT2D eigenvalue weighted by Crippen LogP contribution is -2.03. The molecule has 25 heavy (non-hydrogen) atoms. The van der Waals surface area contributed by atoms with Gasteiger partial charge in [0.2, 0.25) is 0 Å². The van der Waals surface area contributed by atoms with E-state index >= 15 is 0 Å². The normalized spacial score (nSPS) is 11.0. The van der Waals surface area contributed by atoms with Gasteiger partial charge < -0.3 is 5.32 Å². The molecule has 0 fully saturated rings. The maximum Gasteiger partial charge on any atom is 0.165 e. The van der Waals surface area contributed by atoms with Crippen LogP contribution in [0.1, 0.15) is 16.8 Å². The second-order valence-electron chi connectivity index (χ2n) is 6.44. The third kappa shape index (κ3) is 2.98. The first-order chi connectivity index (χ1) is 12.1. The minimum absolute atomic E-state index is 0.859. The van der Waals surface area contributed by atoms with Gasteiger partial charge in [-0.3, -0.25) is 0 Å². The van der Waals surface area contributed by atoms with E-state index in [0.29, 0.717) is 0 Å². The van der Waals surface area contributed by atoms with Gasteiger partial charge in [-0.2, -0.15) is 9.61 Å². The maximum absolute atomic E-state index is 4.71. The van der Waals surface area contributed by atoms with E-state index < -0.39 is 0 Å². The highest BCUT2D eigenvalue weighted by Gasteiger charge is 2.12. The van der Waals surface area contributed by atoms with Crippen molar-refractivity contribution in [2.45, 2.75) is 20.8 Å². The van der Waals surface area contributed by atoms with E-state index in [2.05, 4.69) is 54.6 Å². The molecule has 0 saturated carbocycles. The fraction of sp³-hybridized carbons (Fsp3) is 0.143. The van der Waals surface area contributed by atoms with Crippen molar-refractivity contribution in [3.63, 3.8) is 0 Å². The lowest BCUT2D eigenvalue weighted by atomic mass is 10.1. The van der Waals surface area contributed by atoms with E-state index in [4.69, 9.17) is 4.98 Å². The van der Waals surface area contributed by atoms with E-state index in [9.17, 15) is 0 Å². The average Bonchev–Trinajstić information content (AvgIpc) is 2.98. The molecule has 2 aromatic heterocycles. The Bertz CT molecular complexity index is 1030. The molecule has 2 aromatic carbocycles. The lowest BCUT2D eigenvalue weighted by molar-refractivity contribution is 0.937. The van der Waals surface area contributed by atoms with Crippen LogP contribution in [0.5, 0.6) is 0 Å². The van der Waals surface area contributed by atoms with E-state index in [-0.39, 0.29) is 0 Å². The van der Waals surface area contributed by atoms with Crippen LogP contribution in [-0.2, 0) is 0 Å². The molecule has 0 amide bonds. The van der Waals surface area contributed by atoms with Gasteiger partial charge in [0, 0.05) is 23.0 Å². The summed E-state index contributed by atoms with van der Waals surface area (Å²) in [6, 6.07) is 18.7. The Balaban J connectivity index is 1.83. The number of rotatable bonds is 3. The SMILES string of the molecule is Cc1cc(C)cc(Nc2cc(C)nc3c(-c4ccccc4)cnn23)c1. The molecule has 4 aromatic rings. The summed E-state index contributed by atoms with van der Waals surface area (Å²) in [5.74, 6) is 0.912. The molecule has 0 unspecified atom stereocenters. The van der Waals surface area contributed by atoms with Gasteiger partial charge in [-0.15, -0.1) is 0 Å². The van der Waals surface area contributed by atoms with Crippen LogP contribution in [0.2, 0.25) is 0 Å². The van der Waals surface area contributed by atoms with Crippen LogP contribution >= 0.6 is 0 Å². The Hall–Kier alpha value is -3.14. The summed E-state index contributed by atoms with van der Waals surface area (Å²) >= 11 is 0. The lowest BCUT2D eigenvalue weighted by Gasteiger charge is -2.11. The summed E-state index contributed by atoms with van der Waals surface area (Å²) in [5.41, 5.74) is 7.49. The molecule has 0 aliphatic rings. The standard InChI is InChI=1S/C21H20N4/c1-14-9-15(2)11-18(10-14)24-20-12-16(3)23-21-19(13-22-25(20)21)17-7-5-4-6-8-17/h4-13,24H,1-3H3. The van der Waals surface area contributed by atoms with Crippen molar-refractivity contribution in [1.29, 1.82) is 0 Å². The molecule has 0 spiro atoms. The smallest absolute Gasteiger partial charge is 0.165 e. The molecule has 0 aliphatic carbocycles. The zero-order valence-corrected chi connectivity index (χ0v) is 14.6. The van der Waals surface area contributed by atoms with E-state index in [1.54, 1.807) is 0 Å². The topological polar surface area (TPSA) is 42.2 Å². The van der Waals surface area contributed by atoms with Crippen LogP contribution in [0.3, 0.4) is 0 Å². The van der Waals surface area contributed by atoms with Crippen molar-refractivity contribution in [3.8, 4) is 11.1 Å². The van der Waals surface area contributed by atoms with Crippen molar-refractivity contribution in [1.82, 2.24) is 14.6 Å². The van der Waals surface area contributed by atoms with Crippen LogP contribution < -0.4 is 5.32 Å². The van der Waals surface area contributed by atoms with Crippen molar-refractivity contribution in [3.05, 3.63) is 77.6 Å². The first-order valence-electron chi connectivity index (χ1n) is 8.36. The fourth-order valence-corrected chi connectivity index (χ4v) is 3.19. The number of hydrogen-bond acceptors (Lipinski definition) is 3. The summed E-state index contributed by atoms with van der Waals surface area (Å²) in [5, 5.41) is 8.06. The van der Waals surface area contributed by atoms with Crippen LogP contribution in [0.15, 0.2) is 60.8 Å². The predicted molar refractivity (Wildman–Crippen MR) is 102 cm³/mol. The predicted octanol–water partition coefficient (Wildman–Crippen LogP) is 5.07. The van der Waals surface area contributed by atoms with Crippen molar-refractivity contribution in [2.24, 2.45) is 0 Å². The fourth-order valence-electron chi connectivity index (χ4n) is 3.19. The molecule has 0 atom stereocenters. The molecule has 0 radical (unpaired) electrons. The van der Waals surface area contributed by atoms with Crippen LogP contribution in [0.25, 0.3) is 16.8 Å². The number of fused-ring (bicyclic) bond motifs is 1. The molecular formula is C21H20N4. The van der Waals surface area contributed by atoms with Gasteiger partial charge in [0.15, 0.2) is 5.65 Å². The highest BCUT2D eigenvalue weighted by atomic mass is 15.3. The highest BCUT2D eigenvalue weighted by Crippen LogP contribution is 2.27. The molecule has 0 bridgehead atoms. The molecule has 4 rings (SSSR count). The molecule has 4 nitrogen and oxygen atoms in total. The second kappa shape index (κ2) is 6.06. The molecule has 4 heteroatoms. The Labute approximate surface area is 147 Å². The molecule has 0 saturated heterocycles. The van der Waals surface area contributed by atoms with E-state index in [1.807, 2.05) is 41.9 Å². The van der Waals surface area contributed by atoms with E-state index in [0.717, 1.165) is 34.0 Å². The number of nitrogens with one attached hydrogen (secondary N) is 1. The second-order valence-corrected chi connectivity index (χ2v) is 6.44. The summed E-state index contributed by atoms with van der Waals surface area (Å²) in [4.78, 5) is 4.71. The van der Waals surface area contributed by atoms with Crippen molar-refractivity contribution < 1.29 is 0 Å². The van der Waals surface area contributed by atoms with Gasteiger partial charge in [-0.25, -0.2) is 4.98 Å². The number of hydrogen-bond donors (Lipinski definition) is 1. The number of benzene rings is 2. The van der Waals surface area contributed by atoms with Crippen LogP contribution in [-0.4, -0.2) is 14.6 Å². The molecule has 2 heterocycles. The van der Waals surface area contributed by atoms with Gasteiger partial charge in [0.25, 0.3) is 0 Å². The number of nitrogens with zero attached hydrogens (tertiary/aromatic N) is 3.